The van der Waals surface area contributed by atoms with Crippen LogP contribution in [-0.4, -0.2) is 31.4 Å². The normalized spacial score (nSPS) is 11.0. The summed E-state index contributed by atoms with van der Waals surface area (Å²) in [5, 5.41) is 14.1. The number of nitrogens with zero attached hydrogens (tertiary/aromatic N) is 4. The van der Waals surface area contributed by atoms with Gasteiger partial charge < -0.3 is 5.32 Å². The summed E-state index contributed by atoms with van der Waals surface area (Å²) in [6, 6.07) is 23.4. The third kappa shape index (κ3) is 6.22. The fourth-order valence-electron chi connectivity index (χ4n) is 3.66. The summed E-state index contributed by atoms with van der Waals surface area (Å²) in [5.74, 6) is 0.705. The van der Waals surface area contributed by atoms with Gasteiger partial charge in [-0.3, -0.25) is 9.36 Å². The maximum Gasteiger partial charge on any atom is 0.236 e. The molecule has 0 bridgehead atoms. The molecule has 0 saturated heterocycles. The van der Waals surface area contributed by atoms with Gasteiger partial charge in [0.1, 0.15) is 0 Å². The molecule has 10 heteroatoms. The quantitative estimate of drug-likeness (QED) is 0.199. The second-order valence-corrected chi connectivity index (χ2v) is 11.1. The van der Waals surface area contributed by atoms with Gasteiger partial charge in [0.25, 0.3) is 0 Å². The molecule has 1 amide bonds. The molecule has 5 rings (SSSR count). The van der Waals surface area contributed by atoms with Crippen molar-refractivity contribution in [3.05, 3.63) is 105 Å². The van der Waals surface area contributed by atoms with Crippen molar-refractivity contribution in [3.63, 3.8) is 0 Å². The Morgan fingerprint density at radius 1 is 1.03 bits per heavy atom. The van der Waals surface area contributed by atoms with Gasteiger partial charge in [-0.25, -0.2) is 4.98 Å². The molecule has 2 aromatic heterocycles. The highest BCUT2D eigenvalue weighted by atomic mass is 35.5. The average molecular weight is 567 g/mol. The van der Waals surface area contributed by atoms with Gasteiger partial charge in [-0.15, -0.1) is 21.5 Å². The van der Waals surface area contributed by atoms with E-state index in [0.717, 1.165) is 33.1 Å². The van der Waals surface area contributed by atoms with Crippen molar-refractivity contribution in [1.29, 1.82) is 0 Å². The van der Waals surface area contributed by atoms with Gasteiger partial charge in [0.2, 0.25) is 5.91 Å². The Bertz CT molecular complexity index is 1530. The number of anilines is 1. The fourth-order valence-corrected chi connectivity index (χ4v) is 5.65. The van der Waals surface area contributed by atoms with E-state index in [4.69, 9.17) is 23.2 Å². The summed E-state index contributed by atoms with van der Waals surface area (Å²) in [6.07, 6.45) is 2.33. The van der Waals surface area contributed by atoms with Gasteiger partial charge in [0, 0.05) is 38.8 Å². The number of hydrogen-bond acceptors (Lipinski definition) is 6. The molecule has 0 spiro atoms. The number of benzene rings is 3. The van der Waals surface area contributed by atoms with Crippen LogP contribution in [0, 0.1) is 6.92 Å². The van der Waals surface area contributed by atoms with Crippen molar-refractivity contribution in [2.24, 2.45) is 0 Å². The molecule has 0 aliphatic rings. The van der Waals surface area contributed by atoms with Crippen molar-refractivity contribution in [3.8, 4) is 17.1 Å². The Labute approximate surface area is 232 Å². The maximum absolute atomic E-state index is 12.8. The smallest absolute Gasteiger partial charge is 0.236 e. The molecule has 0 radical (unpaired) electrons. The largest absolute Gasteiger partial charge is 0.301 e. The molecule has 3 aromatic carbocycles. The van der Waals surface area contributed by atoms with Gasteiger partial charge in [-0.2, -0.15) is 0 Å². The SMILES string of the molecule is Cc1ccc(-n2c(SCC(=O)Nc3ncc(Cc4cc(Cl)ccc4Cl)s3)nnc2-c2ccccc2)cc1. The Hall–Kier alpha value is -3.17. The Morgan fingerprint density at radius 3 is 2.59 bits per heavy atom. The molecule has 1 N–H and O–H groups in total. The van der Waals surface area contributed by atoms with Crippen molar-refractivity contribution in [1.82, 2.24) is 19.7 Å². The first-order valence-electron chi connectivity index (χ1n) is 11.4. The number of aromatic nitrogens is 4. The molecule has 0 fully saturated rings. The number of nitrogens with one attached hydrogen (secondary N) is 1. The van der Waals surface area contributed by atoms with Crippen molar-refractivity contribution in [2.75, 3.05) is 11.1 Å². The van der Waals surface area contributed by atoms with E-state index < -0.39 is 0 Å². The highest BCUT2D eigenvalue weighted by Gasteiger charge is 2.18. The zero-order valence-electron chi connectivity index (χ0n) is 19.7. The summed E-state index contributed by atoms with van der Waals surface area (Å²) in [5.41, 5.74) is 3.95. The number of rotatable bonds is 8. The summed E-state index contributed by atoms with van der Waals surface area (Å²) >= 11 is 15.1. The van der Waals surface area contributed by atoms with Gasteiger partial charge >= 0.3 is 0 Å². The Morgan fingerprint density at radius 2 is 1.81 bits per heavy atom. The monoisotopic (exact) mass is 565 g/mol. The van der Waals surface area contributed by atoms with Crippen LogP contribution in [0.2, 0.25) is 10.0 Å². The standard InChI is InChI=1S/C27H21Cl2N5OS2/c1-17-7-10-21(11-8-17)34-25(18-5-3-2-4-6-18)32-33-27(34)36-16-24(35)31-26-30-15-22(37-26)14-19-13-20(28)9-12-23(19)29/h2-13,15H,14,16H2,1H3,(H,30,31,35). The van der Waals surface area contributed by atoms with Crippen LogP contribution in [0.5, 0.6) is 0 Å². The number of hydrogen-bond donors (Lipinski definition) is 1. The molecule has 186 valence electrons. The van der Waals surface area contributed by atoms with E-state index in [-0.39, 0.29) is 11.7 Å². The third-order valence-electron chi connectivity index (χ3n) is 5.46. The van der Waals surface area contributed by atoms with Gasteiger partial charge in [-0.1, -0.05) is 83.0 Å². The third-order valence-corrected chi connectivity index (χ3v) is 7.91. The fraction of sp³-hybridized carbons (Fsp3) is 0.111. The lowest BCUT2D eigenvalue weighted by molar-refractivity contribution is -0.113. The number of thiazole rings is 1. The van der Waals surface area contributed by atoms with Crippen LogP contribution < -0.4 is 5.32 Å². The molecular weight excluding hydrogens is 545 g/mol. The zero-order valence-corrected chi connectivity index (χ0v) is 22.8. The molecule has 37 heavy (non-hydrogen) atoms. The van der Waals surface area contributed by atoms with Crippen LogP contribution in [0.3, 0.4) is 0 Å². The summed E-state index contributed by atoms with van der Waals surface area (Å²) in [4.78, 5) is 18.1. The summed E-state index contributed by atoms with van der Waals surface area (Å²) in [7, 11) is 0. The van der Waals surface area contributed by atoms with Crippen LogP contribution in [0.1, 0.15) is 16.0 Å². The second-order valence-electron chi connectivity index (χ2n) is 8.22. The lowest BCUT2D eigenvalue weighted by Crippen LogP contribution is -2.14. The minimum atomic E-state index is -0.175. The molecule has 6 nitrogen and oxygen atoms in total. The Balaban J connectivity index is 1.29. The molecule has 0 saturated carbocycles. The van der Waals surface area contributed by atoms with Gasteiger partial charge in [0.05, 0.1) is 5.75 Å². The average Bonchev–Trinajstić information content (AvgIpc) is 3.53. The van der Waals surface area contributed by atoms with E-state index in [1.807, 2.05) is 72.2 Å². The molecule has 0 aliphatic heterocycles. The molecule has 0 unspecified atom stereocenters. The number of carbonyl (C=O) groups is 1. The van der Waals surface area contributed by atoms with Crippen LogP contribution in [0.4, 0.5) is 5.13 Å². The van der Waals surface area contributed by atoms with Crippen molar-refractivity contribution < 1.29 is 4.79 Å². The summed E-state index contributed by atoms with van der Waals surface area (Å²) < 4.78 is 1.98. The van der Waals surface area contributed by atoms with Crippen molar-refractivity contribution >= 4 is 57.3 Å². The minimum absolute atomic E-state index is 0.161. The first kappa shape index (κ1) is 25.5. The lowest BCUT2D eigenvalue weighted by Gasteiger charge is -2.10. The predicted octanol–water partition coefficient (Wildman–Crippen LogP) is 7.33. The molecule has 0 atom stereocenters. The number of halogens is 2. The van der Waals surface area contributed by atoms with E-state index in [1.165, 1.54) is 23.1 Å². The number of aryl methyl sites for hydroxylation is 1. The number of amides is 1. The van der Waals surface area contributed by atoms with Crippen LogP contribution >= 0.6 is 46.3 Å². The van der Waals surface area contributed by atoms with E-state index in [2.05, 4.69) is 20.5 Å². The van der Waals surface area contributed by atoms with Crippen molar-refractivity contribution in [2.45, 2.75) is 18.5 Å². The summed E-state index contributed by atoms with van der Waals surface area (Å²) in [6.45, 7) is 2.04. The molecule has 0 aliphatic carbocycles. The Kier molecular flexibility index (Phi) is 7.90. The minimum Gasteiger partial charge on any atom is -0.301 e. The first-order chi connectivity index (χ1) is 18.0. The highest BCUT2D eigenvalue weighted by Crippen LogP contribution is 2.29. The van der Waals surface area contributed by atoms with Gasteiger partial charge in [0.15, 0.2) is 16.1 Å². The van der Waals surface area contributed by atoms with E-state index in [0.29, 0.717) is 26.8 Å². The molecular formula is C27H21Cl2N5OS2. The van der Waals surface area contributed by atoms with E-state index in [1.54, 1.807) is 18.3 Å². The maximum atomic E-state index is 12.8. The second kappa shape index (κ2) is 11.5. The van der Waals surface area contributed by atoms with Gasteiger partial charge in [-0.05, 0) is 42.8 Å². The molecule has 2 heterocycles. The first-order valence-corrected chi connectivity index (χ1v) is 13.9. The molecule has 5 aromatic rings. The van der Waals surface area contributed by atoms with E-state index >= 15 is 0 Å². The lowest BCUT2D eigenvalue weighted by atomic mass is 10.1. The van der Waals surface area contributed by atoms with E-state index in [9.17, 15) is 4.79 Å². The van der Waals surface area contributed by atoms with Crippen LogP contribution in [0.25, 0.3) is 17.1 Å². The van der Waals surface area contributed by atoms with Crippen LogP contribution in [-0.2, 0) is 11.2 Å². The predicted molar refractivity (Wildman–Crippen MR) is 152 cm³/mol. The topological polar surface area (TPSA) is 72.7 Å². The highest BCUT2D eigenvalue weighted by molar-refractivity contribution is 7.99. The zero-order chi connectivity index (χ0) is 25.8. The van der Waals surface area contributed by atoms with Crippen LogP contribution in [0.15, 0.2) is 84.1 Å². The number of carbonyl (C=O) groups excluding carboxylic acids is 1. The number of thioether (sulfide) groups is 1.